The Bertz CT molecular complexity index is 442. The van der Waals surface area contributed by atoms with E-state index in [2.05, 4.69) is 28.9 Å². The van der Waals surface area contributed by atoms with Crippen LogP contribution in [0.2, 0.25) is 0 Å². The predicted molar refractivity (Wildman–Crippen MR) is 76.1 cm³/mol. The van der Waals surface area contributed by atoms with Crippen LogP contribution in [0.15, 0.2) is 10.5 Å². The summed E-state index contributed by atoms with van der Waals surface area (Å²) in [6.07, 6.45) is 2.22. The Balaban J connectivity index is 2.46. The van der Waals surface area contributed by atoms with Crippen LogP contribution in [-0.4, -0.2) is 19.8 Å². The van der Waals surface area contributed by atoms with E-state index >= 15 is 0 Å². The first kappa shape index (κ1) is 13.8. The molecule has 1 aromatic carbocycles. The van der Waals surface area contributed by atoms with Crippen molar-refractivity contribution < 1.29 is 9.47 Å². The van der Waals surface area contributed by atoms with Crippen molar-refractivity contribution in [3.8, 4) is 5.75 Å². The highest BCUT2D eigenvalue weighted by Crippen LogP contribution is 2.38. The third-order valence-corrected chi connectivity index (χ3v) is 4.43. The molecular weight excluding hydrogens is 294 g/mol. The van der Waals surface area contributed by atoms with E-state index in [0.717, 1.165) is 46.4 Å². The zero-order chi connectivity index (χ0) is 13.3. The second-order valence-corrected chi connectivity index (χ2v) is 5.68. The van der Waals surface area contributed by atoms with Gasteiger partial charge in [0.1, 0.15) is 5.75 Å². The first-order valence-electron chi connectivity index (χ1n) is 6.27. The number of halogens is 1. The number of hydrogen-bond donors (Lipinski definition) is 1. The fourth-order valence-electron chi connectivity index (χ4n) is 2.62. The minimum atomic E-state index is -0.126. The van der Waals surface area contributed by atoms with Crippen molar-refractivity contribution in [3.05, 3.63) is 27.2 Å². The number of hydrogen-bond acceptors (Lipinski definition) is 3. The summed E-state index contributed by atoms with van der Waals surface area (Å²) in [6, 6.07) is 1.94. The molecule has 2 atom stereocenters. The Kier molecular flexibility index (Phi) is 4.30. The highest BCUT2D eigenvalue weighted by Gasteiger charge is 2.29. The molecule has 0 aliphatic carbocycles. The lowest BCUT2D eigenvalue weighted by atomic mass is 9.93. The van der Waals surface area contributed by atoms with Crippen molar-refractivity contribution in [1.29, 1.82) is 0 Å². The van der Waals surface area contributed by atoms with Crippen LogP contribution < -0.4 is 10.5 Å². The van der Waals surface area contributed by atoms with Gasteiger partial charge < -0.3 is 15.2 Å². The van der Waals surface area contributed by atoms with Crippen LogP contribution in [-0.2, 0) is 4.74 Å². The molecule has 3 nitrogen and oxygen atoms in total. The summed E-state index contributed by atoms with van der Waals surface area (Å²) in [5, 5.41) is 0. The zero-order valence-electron chi connectivity index (χ0n) is 11.1. The van der Waals surface area contributed by atoms with Gasteiger partial charge in [0.15, 0.2) is 0 Å². The van der Waals surface area contributed by atoms with Gasteiger partial charge in [-0.1, -0.05) is 15.9 Å². The second-order valence-electron chi connectivity index (χ2n) is 4.82. The predicted octanol–water partition coefficient (Wildman–Crippen LogP) is 3.25. The van der Waals surface area contributed by atoms with E-state index in [1.54, 1.807) is 7.11 Å². The number of methoxy groups -OCH3 is 1. The average molecular weight is 314 g/mol. The van der Waals surface area contributed by atoms with Gasteiger partial charge in [0.2, 0.25) is 0 Å². The summed E-state index contributed by atoms with van der Waals surface area (Å²) < 4.78 is 12.3. The van der Waals surface area contributed by atoms with Gasteiger partial charge in [0.25, 0.3) is 0 Å². The van der Waals surface area contributed by atoms with Gasteiger partial charge in [0, 0.05) is 16.6 Å². The first-order chi connectivity index (χ1) is 8.56. The van der Waals surface area contributed by atoms with Gasteiger partial charge in [-0.25, -0.2) is 0 Å². The van der Waals surface area contributed by atoms with Crippen LogP contribution in [0, 0.1) is 13.8 Å². The summed E-state index contributed by atoms with van der Waals surface area (Å²) >= 11 is 3.59. The molecule has 100 valence electrons. The van der Waals surface area contributed by atoms with Crippen molar-refractivity contribution in [2.75, 3.05) is 13.7 Å². The molecule has 1 heterocycles. The van der Waals surface area contributed by atoms with Crippen molar-refractivity contribution in [2.45, 2.75) is 38.8 Å². The molecule has 1 aliphatic heterocycles. The molecule has 2 unspecified atom stereocenters. The van der Waals surface area contributed by atoms with Gasteiger partial charge in [0.05, 0.1) is 19.3 Å². The summed E-state index contributed by atoms with van der Waals surface area (Å²) in [5.41, 5.74) is 9.69. The van der Waals surface area contributed by atoms with E-state index in [4.69, 9.17) is 15.2 Å². The smallest absolute Gasteiger partial charge is 0.126 e. The number of rotatable bonds is 3. The minimum absolute atomic E-state index is 0.103. The van der Waals surface area contributed by atoms with Gasteiger partial charge in [-0.2, -0.15) is 0 Å². The largest absolute Gasteiger partial charge is 0.496 e. The summed E-state index contributed by atoms with van der Waals surface area (Å²) in [5.74, 6) is 0.888. The third kappa shape index (κ3) is 2.42. The Morgan fingerprint density at radius 3 is 2.78 bits per heavy atom. The molecule has 1 aromatic rings. The van der Waals surface area contributed by atoms with E-state index in [1.807, 2.05) is 6.92 Å². The summed E-state index contributed by atoms with van der Waals surface area (Å²) in [4.78, 5) is 0. The molecule has 0 spiro atoms. The molecule has 0 amide bonds. The lowest BCUT2D eigenvalue weighted by Gasteiger charge is -2.25. The van der Waals surface area contributed by atoms with E-state index in [-0.39, 0.29) is 12.1 Å². The van der Waals surface area contributed by atoms with Gasteiger partial charge in [-0.15, -0.1) is 0 Å². The van der Waals surface area contributed by atoms with E-state index in [0.29, 0.717) is 0 Å². The van der Waals surface area contributed by atoms with Gasteiger partial charge in [-0.05, 0) is 43.9 Å². The average Bonchev–Trinajstić information content (AvgIpc) is 2.86. The molecular formula is C14H20BrNO2. The van der Waals surface area contributed by atoms with Gasteiger partial charge in [-0.3, -0.25) is 0 Å². The Morgan fingerprint density at radius 1 is 1.50 bits per heavy atom. The molecule has 4 heteroatoms. The van der Waals surface area contributed by atoms with Crippen molar-refractivity contribution in [3.63, 3.8) is 0 Å². The molecule has 0 radical (unpaired) electrons. The number of nitrogens with two attached hydrogens (primary N) is 1. The minimum Gasteiger partial charge on any atom is -0.496 e. The topological polar surface area (TPSA) is 44.5 Å². The van der Waals surface area contributed by atoms with Crippen molar-refractivity contribution >= 4 is 15.9 Å². The van der Waals surface area contributed by atoms with Crippen molar-refractivity contribution in [2.24, 2.45) is 5.73 Å². The quantitative estimate of drug-likeness (QED) is 0.931. The van der Waals surface area contributed by atoms with Crippen LogP contribution in [0.4, 0.5) is 0 Å². The zero-order valence-corrected chi connectivity index (χ0v) is 12.7. The normalized spacial score (nSPS) is 21.1. The van der Waals surface area contributed by atoms with E-state index in [1.165, 1.54) is 0 Å². The molecule has 1 fully saturated rings. The standard InChI is InChI=1S/C14H20BrNO2/c1-8-7-10(15)9(2)12(14(8)17-3)13(16)11-5-4-6-18-11/h7,11,13H,4-6,16H2,1-3H3. The van der Waals surface area contributed by atoms with Crippen LogP contribution in [0.5, 0.6) is 5.75 Å². The van der Waals surface area contributed by atoms with Crippen LogP contribution >= 0.6 is 15.9 Å². The van der Waals surface area contributed by atoms with E-state index < -0.39 is 0 Å². The van der Waals surface area contributed by atoms with Crippen LogP contribution in [0.1, 0.15) is 35.6 Å². The molecule has 0 bridgehead atoms. The first-order valence-corrected chi connectivity index (χ1v) is 7.06. The Morgan fingerprint density at radius 2 is 2.22 bits per heavy atom. The monoisotopic (exact) mass is 313 g/mol. The number of ether oxygens (including phenoxy) is 2. The lowest BCUT2D eigenvalue weighted by molar-refractivity contribution is 0.0890. The third-order valence-electron chi connectivity index (χ3n) is 3.61. The second kappa shape index (κ2) is 5.59. The Hall–Kier alpha value is -0.580. The maximum absolute atomic E-state index is 6.39. The maximum atomic E-state index is 6.39. The SMILES string of the molecule is COc1c(C)cc(Br)c(C)c1C(N)C1CCCO1. The molecule has 0 aromatic heterocycles. The number of aryl methyl sites for hydroxylation is 1. The fraction of sp³-hybridized carbons (Fsp3) is 0.571. The van der Waals surface area contributed by atoms with Crippen molar-refractivity contribution in [1.82, 2.24) is 0 Å². The summed E-state index contributed by atoms with van der Waals surface area (Å²) in [6.45, 7) is 4.91. The molecule has 2 N–H and O–H groups in total. The number of benzene rings is 1. The van der Waals surface area contributed by atoms with Crippen LogP contribution in [0.25, 0.3) is 0 Å². The van der Waals surface area contributed by atoms with E-state index in [9.17, 15) is 0 Å². The molecule has 0 saturated carbocycles. The highest BCUT2D eigenvalue weighted by molar-refractivity contribution is 9.10. The maximum Gasteiger partial charge on any atom is 0.126 e. The van der Waals surface area contributed by atoms with Gasteiger partial charge >= 0.3 is 0 Å². The lowest BCUT2D eigenvalue weighted by Crippen LogP contribution is -2.27. The molecule has 2 rings (SSSR count). The summed E-state index contributed by atoms with van der Waals surface area (Å²) in [7, 11) is 1.70. The Labute approximate surface area is 117 Å². The molecule has 18 heavy (non-hydrogen) atoms. The highest BCUT2D eigenvalue weighted by atomic mass is 79.9. The molecule has 1 aliphatic rings. The fourth-order valence-corrected chi connectivity index (χ4v) is 3.18. The van der Waals surface area contributed by atoms with Crippen LogP contribution in [0.3, 0.4) is 0 Å². The molecule has 1 saturated heterocycles.